The molecule has 2 aromatic rings. The maximum absolute atomic E-state index is 6.49. The minimum absolute atomic E-state index is 0.00406. The minimum atomic E-state index is -0.302. The highest BCUT2D eigenvalue weighted by atomic mass is 127. The van der Waals surface area contributed by atoms with E-state index >= 15 is 0 Å². The van der Waals surface area contributed by atoms with E-state index in [1.54, 1.807) is 0 Å². The Hall–Kier alpha value is -1.27. The molecule has 0 saturated carbocycles. The summed E-state index contributed by atoms with van der Waals surface area (Å²) in [6.45, 7) is 9.57. The molecule has 1 heterocycles. The molecule has 28 heavy (non-hydrogen) atoms. The Balaban J connectivity index is 1.75. The molecule has 0 fully saturated rings. The van der Waals surface area contributed by atoms with E-state index in [9.17, 15) is 0 Å². The van der Waals surface area contributed by atoms with Crippen LogP contribution in [0.1, 0.15) is 63.7 Å². The number of halogens is 1. The predicted molar refractivity (Wildman–Crippen MR) is 123 cm³/mol. The summed E-state index contributed by atoms with van der Waals surface area (Å²) in [5.41, 5.74) is 2.56. The Morgan fingerprint density at radius 2 is 1.82 bits per heavy atom. The number of hydrogen-bond donors (Lipinski definition) is 0. The summed E-state index contributed by atoms with van der Waals surface area (Å²) in [4.78, 5) is 0. The van der Waals surface area contributed by atoms with E-state index in [2.05, 4.69) is 80.6 Å². The highest BCUT2D eigenvalue weighted by Gasteiger charge is 2.28. The van der Waals surface area contributed by atoms with Crippen LogP contribution >= 0.6 is 22.6 Å². The van der Waals surface area contributed by atoms with Crippen molar-refractivity contribution in [2.45, 2.75) is 58.8 Å². The van der Waals surface area contributed by atoms with Gasteiger partial charge in [-0.2, -0.15) is 0 Å². The lowest BCUT2D eigenvalue weighted by Crippen LogP contribution is -2.30. The highest BCUT2D eigenvalue weighted by Crippen LogP contribution is 2.37. The second-order valence-corrected chi connectivity index (χ2v) is 9.62. The first kappa shape index (κ1) is 21.4. The van der Waals surface area contributed by atoms with Crippen LogP contribution in [0.15, 0.2) is 48.5 Å². The quantitative estimate of drug-likeness (QED) is 0.238. The smallest absolute Gasteiger partial charge is 0.200 e. The van der Waals surface area contributed by atoms with Gasteiger partial charge in [-0.3, -0.25) is 0 Å². The van der Waals surface area contributed by atoms with Gasteiger partial charge in [-0.25, -0.2) is 0 Å². The third-order valence-corrected chi connectivity index (χ3v) is 6.27. The molecular formula is C24H31IO3. The van der Waals surface area contributed by atoms with Crippen molar-refractivity contribution < 1.29 is 14.2 Å². The number of ether oxygens (including phenoxy) is 3. The van der Waals surface area contributed by atoms with Crippen LogP contribution in [0.3, 0.4) is 0 Å². The predicted octanol–water partition coefficient (Wildman–Crippen LogP) is 6.91. The van der Waals surface area contributed by atoms with Crippen LogP contribution in [0.2, 0.25) is 0 Å². The first-order valence-corrected chi connectivity index (χ1v) is 11.6. The van der Waals surface area contributed by atoms with Crippen molar-refractivity contribution in [3.05, 3.63) is 59.7 Å². The molecule has 3 nitrogen and oxygen atoms in total. The van der Waals surface area contributed by atoms with Crippen molar-refractivity contribution in [1.82, 2.24) is 0 Å². The van der Waals surface area contributed by atoms with Gasteiger partial charge in [-0.15, -0.1) is 0 Å². The number of alkyl halides is 1. The summed E-state index contributed by atoms with van der Waals surface area (Å²) in [5.74, 6) is 2.33. The first-order valence-electron chi connectivity index (χ1n) is 10.1. The van der Waals surface area contributed by atoms with Gasteiger partial charge in [-0.05, 0) is 35.1 Å². The van der Waals surface area contributed by atoms with Crippen LogP contribution in [0, 0.1) is 5.41 Å². The SMILES string of the molecule is CC(CI)c1ccc(OC(CC(C)(C)C)OC2CCOc3ccccc32)cc1. The molecule has 0 aliphatic carbocycles. The minimum Gasteiger partial charge on any atom is -0.493 e. The van der Waals surface area contributed by atoms with E-state index in [-0.39, 0.29) is 17.8 Å². The molecule has 0 spiro atoms. The average molecular weight is 494 g/mol. The molecule has 0 N–H and O–H groups in total. The van der Waals surface area contributed by atoms with Crippen LogP contribution < -0.4 is 9.47 Å². The number of para-hydroxylation sites is 1. The fraction of sp³-hybridized carbons (Fsp3) is 0.500. The largest absolute Gasteiger partial charge is 0.493 e. The van der Waals surface area contributed by atoms with Gasteiger partial charge in [-0.1, -0.05) is 80.6 Å². The molecule has 0 radical (unpaired) electrons. The lowest BCUT2D eigenvalue weighted by atomic mass is 9.92. The van der Waals surface area contributed by atoms with Crippen molar-refractivity contribution in [2.75, 3.05) is 11.0 Å². The van der Waals surface area contributed by atoms with E-state index in [1.165, 1.54) is 5.56 Å². The molecule has 2 aromatic carbocycles. The third-order valence-electron chi connectivity index (χ3n) is 4.95. The van der Waals surface area contributed by atoms with Crippen LogP contribution in [0.5, 0.6) is 11.5 Å². The molecule has 0 saturated heterocycles. The number of fused-ring (bicyclic) bond motifs is 1. The van der Waals surface area contributed by atoms with Crippen LogP contribution in [0.25, 0.3) is 0 Å². The van der Waals surface area contributed by atoms with E-state index in [4.69, 9.17) is 14.2 Å². The van der Waals surface area contributed by atoms with Gasteiger partial charge < -0.3 is 14.2 Å². The second-order valence-electron chi connectivity index (χ2n) is 8.74. The Morgan fingerprint density at radius 3 is 2.50 bits per heavy atom. The fourth-order valence-corrected chi connectivity index (χ4v) is 3.88. The Bertz CT molecular complexity index is 751. The molecule has 1 aliphatic heterocycles. The molecule has 152 valence electrons. The van der Waals surface area contributed by atoms with E-state index in [0.29, 0.717) is 12.5 Å². The molecule has 4 heteroatoms. The van der Waals surface area contributed by atoms with Crippen molar-refractivity contribution in [2.24, 2.45) is 5.41 Å². The highest BCUT2D eigenvalue weighted by molar-refractivity contribution is 14.1. The van der Waals surface area contributed by atoms with Crippen LogP contribution in [-0.2, 0) is 4.74 Å². The molecule has 0 aromatic heterocycles. The van der Waals surface area contributed by atoms with E-state index in [0.717, 1.165) is 34.3 Å². The zero-order valence-corrected chi connectivity index (χ0v) is 19.4. The Kier molecular flexibility index (Phi) is 7.26. The average Bonchev–Trinajstić information content (AvgIpc) is 2.67. The van der Waals surface area contributed by atoms with Gasteiger partial charge in [0.05, 0.1) is 12.7 Å². The van der Waals surface area contributed by atoms with E-state index in [1.807, 2.05) is 18.2 Å². The van der Waals surface area contributed by atoms with Crippen molar-refractivity contribution in [1.29, 1.82) is 0 Å². The van der Waals surface area contributed by atoms with E-state index < -0.39 is 0 Å². The second kappa shape index (κ2) is 9.49. The topological polar surface area (TPSA) is 27.7 Å². The zero-order valence-electron chi connectivity index (χ0n) is 17.3. The number of benzene rings is 2. The monoisotopic (exact) mass is 494 g/mol. The summed E-state index contributed by atoms with van der Waals surface area (Å²) in [6, 6.07) is 16.6. The van der Waals surface area contributed by atoms with Crippen molar-refractivity contribution >= 4 is 22.6 Å². The van der Waals surface area contributed by atoms with Gasteiger partial charge >= 0.3 is 0 Å². The lowest BCUT2D eigenvalue weighted by molar-refractivity contribution is -0.144. The standard InChI is InChI=1S/C24H31IO3/c1-17(16-25)18-9-11-19(12-10-18)27-23(15-24(2,3)4)28-22-13-14-26-21-8-6-5-7-20(21)22/h5-12,17,22-23H,13-16H2,1-4H3. The molecule has 3 unspecified atom stereocenters. The van der Waals surface area contributed by atoms with Crippen molar-refractivity contribution in [3.8, 4) is 11.5 Å². The molecule has 0 bridgehead atoms. The Morgan fingerprint density at radius 1 is 1.11 bits per heavy atom. The summed E-state index contributed by atoms with van der Waals surface area (Å²) >= 11 is 2.43. The zero-order chi connectivity index (χ0) is 20.1. The maximum Gasteiger partial charge on any atom is 0.200 e. The van der Waals surface area contributed by atoms with Gasteiger partial charge in [0.25, 0.3) is 0 Å². The fourth-order valence-electron chi connectivity index (χ4n) is 3.37. The molecule has 3 rings (SSSR count). The van der Waals surface area contributed by atoms with Gasteiger partial charge in [0.1, 0.15) is 11.5 Å². The summed E-state index contributed by atoms with van der Waals surface area (Å²) < 4.78 is 19.7. The van der Waals surface area contributed by atoms with Gasteiger partial charge in [0.2, 0.25) is 6.29 Å². The third kappa shape index (κ3) is 5.86. The molecule has 3 atom stereocenters. The Labute approximate surface area is 182 Å². The molecular weight excluding hydrogens is 463 g/mol. The normalized spacial score (nSPS) is 18.7. The van der Waals surface area contributed by atoms with Crippen LogP contribution in [0.4, 0.5) is 0 Å². The van der Waals surface area contributed by atoms with Gasteiger partial charge in [0, 0.05) is 22.8 Å². The summed E-state index contributed by atoms with van der Waals surface area (Å²) in [7, 11) is 0. The number of hydrogen-bond acceptors (Lipinski definition) is 3. The van der Waals surface area contributed by atoms with Crippen LogP contribution in [-0.4, -0.2) is 17.3 Å². The first-order chi connectivity index (χ1) is 13.4. The lowest BCUT2D eigenvalue weighted by Gasteiger charge is -2.32. The van der Waals surface area contributed by atoms with Gasteiger partial charge in [0.15, 0.2) is 0 Å². The summed E-state index contributed by atoms with van der Waals surface area (Å²) in [6.07, 6.45) is 1.35. The van der Waals surface area contributed by atoms with Crippen molar-refractivity contribution in [3.63, 3.8) is 0 Å². The molecule has 1 aliphatic rings. The maximum atomic E-state index is 6.49. The summed E-state index contributed by atoms with van der Waals surface area (Å²) in [5, 5.41) is 0. The molecule has 0 amide bonds. The number of rotatable bonds is 7.